The Bertz CT molecular complexity index is 1150. The number of benzene rings is 2. The predicted octanol–water partition coefficient (Wildman–Crippen LogP) is 4.35. The monoisotopic (exact) mass is 371 g/mol. The lowest BCUT2D eigenvalue weighted by Gasteiger charge is -2.30. The highest BCUT2D eigenvalue weighted by atomic mass is 15.1. The highest BCUT2D eigenvalue weighted by Gasteiger charge is 2.16. The molecule has 0 bridgehead atoms. The van der Waals surface area contributed by atoms with Crippen LogP contribution in [0.2, 0.25) is 0 Å². The third kappa shape index (κ3) is 2.87. The first-order valence-electron chi connectivity index (χ1n) is 10.1. The molecule has 1 fully saturated rings. The number of para-hydroxylation sites is 2. The molecular formula is C23H25N5. The molecule has 1 saturated heterocycles. The zero-order valence-electron chi connectivity index (χ0n) is 16.2. The maximum Gasteiger partial charge on any atom is 0.206 e. The van der Waals surface area contributed by atoms with Crippen LogP contribution < -0.4 is 10.6 Å². The number of nitrogen functional groups attached to an aromatic ring is 1. The average Bonchev–Trinajstić information content (AvgIpc) is 3.15. The van der Waals surface area contributed by atoms with Crippen LogP contribution in [0.15, 0.2) is 48.7 Å². The number of hydrogen-bond acceptors (Lipinski definition) is 4. The van der Waals surface area contributed by atoms with E-state index >= 15 is 0 Å². The minimum absolute atomic E-state index is 0.486. The molecule has 5 rings (SSSR count). The summed E-state index contributed by atoms with van der Waals surface area (Å²) in [4.78, 5) is 12.1. The van der Waals surface area contributed by atoms with Crippen molar-refractivity contribution in [1.82, 2.24) is 14.4 Å². The zero-order valence-corrected chi connectivity index (χ0v) is 16.2. The van der Waals surface area contributed by atoms with Gasteiger partial charge in [0.25, 0.3) is 0 Å². The predicted molar refractivity (Wildman–Crippen MR) is 115 cm³/mol. The van der Waals surface area contributed by atoms with E-state index < -0.39 is 0 Å². The average molecular weight is 371 g/mol. The van der Waals surface area contributed by atoms with Gasteiger partial charge in [0.2, 0.25) is 5.95 Å². The van der Waals surface area contributed by atoms with Crippen molar-refractivity contribution < 1.29 is 0 Å². The molecule has 0 amide bonds. The van der Waals surface area contributed by atoms with Crippen molar-refractivity contribution in [2.75, 3.05) is 23.7 Å². The summed E-state index contributed by atoms with van der Waals surface area (Å²) in [5, 5.41) is 1.05. The number of aromatic nitrogens is 3. The fourth-order valence-corrected chi connectivity index (χ4v) is 4.33. The summed E-state index contributed by atoms with van der Waals surface area (Å²) in [6.07, 6.45) is 6.71. The Morgan fingerprint density at radius 2 is 1.79 bits per heavy atom. The maximum absolute atomic E-state index is 6.25. The van der Waals surface area contributed by atoms with Gasteiger partial charge in [-0.25, -0.2) is 9.97 Å². The molecule has 0 saturated carbocycles. The second-order valence-corrected chi connectivity index (χ2v) is 7.72. The molecule has 2 aromatic carbocycles. The standard InChI is InChI=1S/C23H25N5/c1-16-8-7-10-19-21(16)26-23(24)28-15-18(25-22(19)28)14-17-9-3-4-11-20(17)27-12-5-2-6-13-27/h3-4,7-11,15H,2,5-6,12-14H2,1H3,(H2,24,26). The van der Waals surface area contributed by atoms with Crippen LogP contribution in [0.5, 0.6) is 0 Å². The quantitative estimate of drug-likeness (QED) is 0.581. The Kier molecular flexibility index (Phi) is 4.15. The van der Waals surface area contributed by atoms with Crippen molar-refractivity contribution >= 4 is 28.2 Å². The van der Waals surface area contributed by atoms with Crippen LogP contribution >= 0.6 is 0 Å². The van der Waals surface area contributed by atoms with Gasteiger partial charge in [0, 0.05) is 36.8 Å². The summed E-state index contributed by atoms with van der Waals surface area (Å²) in [7, 11) is 0. The molecule has 4 aromatic rings. The maximum atomic E-state index is 6.25. The Balaban J connectivity index is 1.57. The van der Waals surface area contributed by atoms with E-state index in [1.807, 2.05) is 10.6 Å². The lowest BCUT2D eigenvalue weighted by molar-refractivity contribution is 0.576. The van der Waals surface area contributed by atoms with Gasteiger partial charge in [-0.05, 0) is 49.4 Å². The molecule has 142 valence electrons. The summed E-state index contributed by atoms with van der Waals surface area (Å²) in [5.41, 5.74) is 12.9. The van der Waals surface area contributed by atoms with Gasteiger partial charge in [-0.15, -0.1) is 0 Å². The number of imidazole rings is 1. The summed E-state index contributed by atoms with van der Waals surface area (Å²) in [6, 6.07) is 14.9. The third-order valence-corrected chi connectivity index (χ3v) is 5.77. The molecule has 0 atom stereocenters. The molecular weight excluding hydrogens is 346 g/mol. The van der Waals surface area contributed by atoms with E-state index in [4.69, 9.17) is 10.7 Å². The van der Waals surface area contributed by atoms with Gasteiger partial charge in [-0.3, -0.25) is 4.40 Å². The van der Waals surface area contributed by atoms with Crippen LogP contribution in [0.3, 0.4) is 0 Å². The lowest BCUT2D eigenvalue weighted by atomic mass is 10.0. The zero-order chi connectivity index (χ0) is 19.1. The second kappa shape index (κ2) is 6.82. The molecule has 0 unspecified atom stereocenters. The van der Waals surface area contributed by atoms with Gasteiger partial charge in [0.1, 0.15) is 5.65 Å². The summed E-state index contributed by atoms with van der Waals surface area (Å²) < 4.78 is 1.92. The summed E-state index contributed by atoms with van der Waals surface area (Å²) in [5.74, 6) is 0.486. The third-order valence-electron chi connectivity index (χ3n) is 5.77. The molecule has 0 spiro atoms. The molecule has 2 N–H and O–H groups in total. The van der Waals surface area contributed by atoms with Crippen molar-refractivity contribution in [2.45, 2.75) is 32.6 Å². The number of aryl methyl sites for hydroxylation is 1. The van der Waals surface area contributed by atoms with Crippen LogP contribution in [0.4, 0.5) is 11.6 Å². The first-order chi connectivity index (χ1) is 13.7. The number of fused-ring (bicyclic) bond motifs is 3. The van der Waals surface area contributed by atoms with Crippen LogP contribution in [0, 0.1) is 6.92 Å². The van der Waals surface area contributed by atoms with E-state index in [0.717, 1.165) is 47.3 Å². The van der Waals surface area contributed by atoms with Crippen LogP contribution in [0.25, 0.3) is 16.6 Å². The normalized spacial score (nSPS) is 14.8. The molecule has 0 aliphatic carbocycles. The Labute approximate surface area is 164 Å². The summed E-state index contributed by atoms with van der Waals surface area (Å²) in [6.45, 7) is 4.34. The molecule has 3 heterocycles. The van der Waals surface area contributed by atoms with Crippen molar-refractivity contribution in [3.05, 3.63) is 65.5 Å². The number of hydrogen-bond donors (Lipinski definition) is 1. The molecule has 5 heteroatoms. The first kappa shape index (κ1) is 17.0. The smallest absolute Gasteiger partial charge is 0.206 e. The number of nitrogens with two attached hydrogens (primary N) is 1. The summed E-state index contributed by atoms with van der Waals surface area (Å²) >= 11 is 0. The van der Waals surface area contributed by atoms with E-state index in [0.29, 0.717) is 5.95 Å². The topological polar surface area (TPSA) is 59.4 Å². The van der Waals surface area contributed by atoms with E-state index in [1.54, 1.807) is 0 Å². The first-order valence-corrected chi connectivity index (χ1v) is 10.1. The minimum atomic E-state index is 0.486. The molecule has 1 aliphatic rings. The van der Waals surface area contributed by atoms with Gasteiger partial charge in [-0.1, -0.05) is 30.3 Å². The highest BCUT2D eigenvalue weighted by molar-refractivity contribution is 5.94. The lowest BCUT2D eigenvalue weighted by Crippen LogP contribution is -2.30. The van der Waals surface area contributed by atoms with Crippen molar-refractivity contribution in [1.29, 1.82) is 0 Å². The van der Waals surface area contributed by atoms with Gasteiger partial charge >= 0.3 is 0 Å². The molecule has 2 aromatic heterocycles. The minimum Gasteiger partial charge on any atom is -0.371 e. The van der Waals surface area contributed by atoms with E-state index in [9.17, 15) is 0 Å². The highest BCUT2D eigenvalue weighted by Crippen LogP contribution is 2.28. The molecule has 5 nitrogen and oxygen atoms in total. The van der Waals surface area contributed by atoms with Crippen molar-refractivity contribution in [2.24, 2.45) is 0 Å². The molecule has 1 aliphatic heterocycles. The number of rotatable bonds is 3. The number of nitrogens with zero attached hydrogens (tertiary/aromatic N) is 4. The molecule has 0 radical (unpaired) electrons. The Hall–Kier alpha value is -3.08. The number of piperidine rings is 1. The SMILES string of the molecule is Cc1cccc2c1nc(N)n1cc(Cc3ccccc3N3CCCCC3)nc21. The van der Waals surface area contributed by atoms with E-state index in [1.165, 1.54) is 30.5 Å². The van der Waals surface area contributed by atoms with Crippen LogP contribution in [-0.2, 0) is 6.42 Å². The fraction of sp³-hybridized carbons (Fsp3) is 0.304. The van der Waals surface area contributed by atoms with Gasteiger partial charge in [0.05, 0.1) is 11.2 Å². The van der Waals surface area contributed by atoms with E-state index in [-0.39, 0.29) is 0 Å². The second-order valence-electron chi connectivity index (χ2n) is 7.72. The van der Waals surface area contributed by atoms with Gasteiger partial charge < -0.3 is 10.6 Å². The van der Waals surface area contributed by atoms with Crippen molar-refractivity contribution in [3.8, 4) is 0 Å². The van der Waals surface area contributed by atoms with Crippen LogP contribution in [0.1, 0.15) is 36.1 Å². The fourth-order valence-electron chi connectivity index (χ4n) is 4.33. The van der Waals surface area contributed by atoms with Gasteiger partial charge in [0.15, 0.2) is 0 Å². The largest absolute Gasteiger partial charge is 0.371 e. The van der Waals surface area contributed by atoms with Gasteiger partial charge in [-0.2, -0.15) is 0 Å². The van der Waals surface area contributed by atoms with Crippen molar-refractivity contribution in [3.63, 3.8) is 0 Å². The van der Waals surface area contributed by atoms with E-state index in [2.05, 4.69) is 59.3 Å². The number of anilines is 2. The Morgan fingerprint density at radius 3 is 2.64 bits per heavy atom. The van der Waals surface area contributed by atoms with Crippen LogP contribution in [-0.4, -0.2) is 27.5 Å². The molecule has 28 heavy (non-hydrogen) atoms. The Morgan fingerprint density at radius 1 is 0.964 bits per heavy atom.